The molecule has 0 saturated carbocycles. The molecule has 1 aliphatic heterocycles. The molecular formula is C13H18N2O2S. The van der Waals surface area contributed by atoms with Gasteiger partial charge in [0.1, 0.15) is 4.99 Å². The number of ether oxygens (including phenoxy) is 1. The SMILES string of the molecule is Cc1ccc(C(N)=S)c(=O)n1CC1CCCCO1. The standard InChI is InChI=1S/C13H18N2O2S/c1-9-5-6-11(12(14)18)13(16)15(9)8-10-4-2-3-7-17-10/h5-6,10H,2-4,7-8H2,1H3,(H2,14,18). The van der Waals surface area contributed by atoms with Gasteiger partial charge in [-0.2, -0.15) is 0 Å². The van der Waals surface area contributed by atoms with Crippen LogP contribution in [0.4, 0.5) is 0 Å². The second kappa shape index (κ2) is 5.63. The Morgan fingerprint density at radius 2 is 2.33 bits per heavy atom. The summed E-state index contributed by atoms with van der Waals surface area (Å²) in [5, 5.41) is 0. The molecule has 4 nitrogen and oxygen atoms in total. The van der Waals surface area contributed by atoms with Gasteiger partial charge in [0.2, 0.25) is 0 Å². The molecule has 2 N–H and O–H groups in total. The highest BCUT2D eigenvalue weighted by atomic mass is 32.1. The predicted octanol–water partition coefficient (Wildman–Crippen LogP) is 1.36. The average molecular weight is 266 g/mol. The van der Waals surface area contributed by atoms with Crippen LogP contribution in [0.2, 0.25) is 0 Å². The van der Waals surface area contributed by atoms with Gasteiger partial charge in [-0.05, 0) is 38.3 Å². The van der Waals surface area contributed by atoms with Crippen LogP contribution in [0.5, 0.6) is 0 Å². The van der Waals surface area contributed by atoms with Gasteiger partial charge in [0.25, 0.3) is 5.56 Å². The summed E-state index contributed by atoms with van der Waals surface area (Å²) in [6.07, 6.45) is 3.39. The van der Waals surface area contributed by atoms with E-state index < -0.39 is 0 Å². The fourth-order valence-corrected chi connectivity index (χ4v) is 2.40. The zero-order valence-corrected chi connectivity index (χ0v) is 11.3. The van der Waals surface area contributed by atoms with Crippen molar-refractivity contribution in [3.8, 4) is 0 Å². The van der Waals surface area contributed by atoms with Crippen molar-refractivity contribution in [3.05, 3.63) is 33.7 Å². The number of hydrogen-bond donors (Lipinski definition) is 1. The third-order valence-corrected chi connectivity index (χ3v) is 3.54. The van der Waals surface area contributed by atoms with Crippen LogP contribution in [0.25, 0.3) is 0 Å². The van der Waals surface area contributed by atoms with Gasteiger partial charge in [0.05, 0.1) is 18.2 Å². The Bertz CT molecular complexity index is 504. The van der Waals surface area contributed by atoms with Crippen LogP contribution in [-0.2, 0) is 11.3 Å². The Kier molecular flexibility index (Phi) is 4.14. The monoisotopic (exact) mass is 266 g/mol. The zero-order valence-electron chi connectivity index (χ0n) is 10.5. The molecule has 0 amide bonds. The molecule has 1 atom stereocenters. The first-order valence-corrected chi connectivity index (χ1v) is 6.62. The zero-order chi connectivity index (χ0) is 13.1. The van der Waals surface area contributed by atoms with Crippen molar-refractivity contribution in [2.45, 2.75) is 38.8 Å². The quantitative estimate of drug-likeness (QED) is 0.839. The number of hydrogen-bond acceptors (Lipinski definition) is 3. The summed E-state index contributed by atoms with van der Waals surface area (Å²) in [4.78, 5) is 12.4. The minimum absolute atomic E-state index is 0.114. The number of rotatable bonds is 3. The molecule has 0 bridgehead atoms. The van der Waals surface area contributed by atoms with E-state index in [1.165, 1.54) is 0 Å². The predicted molar refractivity (Wildman–Crippen MR) is 74.9 cm³/mol. The highest BCUT2D eigenvalue weighted by Gasteiger charge is 2.17. The smallest absolute Gasteiger partial charge is 0.261 e. The Labute approximate surface area is 112 Å². The Morgan fingerprint density at radius 1 is 1.56 bits per heavy atom. The maximum Gasteiger partial charge on any atom is 0.261 e. The largest absolute Gasteiger partial charge is 0.389 e. The van der Waals surface area contributed by atoms with Gasteiger partial charge in [-0.1, -0.05) is 12.2 Å². The molecule has 1 aliphatic rings. The molecule has 0 aromatic carbocycles. The maximum atomic E-state index is 12.2. The van der Waals surface area contributed by atoms with E-state index in [9.17, 15) is 4.79 Å². The number of nitrogens with zero attached hydrogens (tertiary/aromatic N) is 1. The molecule has 1 aromatic rings. The lowest BCUT2D eigenvalue weighted by atomic mass is 10.1. The van der Waals surface area contributed by atoms with Crippen LogP contribution in [0.3, 0.4) is 0 Å². The van der Waals surface area contributed by atoms with Crippen LogP contribution < -0.4 is 11.3 Å². The van der Waals surface area contributed by atoms with E-state index in [2.05, 4.69) is 0 Å². The van der Waals surface area contributed by atoms with Gasteiger partial charge in [-0.15, -0.1) is 0 Å². The lowest BCUT2D eigenvalue weighted by molar-refractivity contribution is 0.00510. The van der Waals surface area contributed by atoms with E-state index in [0.29, 0.717) is 12.1 Å². The normalized spacial score (nSPS) is 19.7. The molecule has 0 aliphatic carbocycles. The van der Waals surface area contributed by atoms with Crippen LogP contribution in [0.1, 0.15) is 30.5 Å². The molecule has 0 spiro atoms. The Balaban J connectivity index is 2.28. The van der Waals surface area contributed by atoms with Crippen LogP contribution in [-0.4, -0.2) is 22.3 Å². The summed E-state index contributed by atoms with van der Waals surface area (Å²) < 4.78 is 7.38. The third kappa shape index (κ3) is 2.79. The van der Waals surface area contributed by atoms with E-state index in [0.717, 1.165) is 31.6 Å². The molecule has 1 aromatic heterocycles. The van der Waals surface area contributed by atoms with E-state index >= 15 is 0 Å². The maximum absolute atomic E-state index is 12.2. The summed E-state index contributed by atoms with van der Waals surface area (Å²) >= 11 is 4.89. The molecule has 2 heterocycles. The van der Waals surface area contributed by atoms with Gasteiger partial charge in [-0.3, -0.25) is 4.79 Å². The van der Waals surface area contributed by atoms with Crippen molar-refractivity contribution in [3.63, 3.8) is 0 Å². The van der Waals surface area contributed by atoms with Gasteiger partial charge >= 0.3 is 0 Å². The third-order valence-electron chi connectivity index (χ3n) is 3.32. The fraction of sp³-hybridized carbons (Fsp3) is 0.538. The van der Waals surface area contributed by atoms with Crippen molar-refractivity contribution >= 4 is 17.2 Å². The minimum Gasteiger partial charge on any atom is -0.389 e. The Morgan fingerprint density at radius 3 is 2.94 bits per heavy atom. The second-order valence-corrected chi connectivity index (χ2v) is 5.10. The molecular weight excluding hydrogens is 248 g/mol. The highest BCUT2D eigenvalue weighted by Crippen LogP contribution is 2.14. The molecule has 1 fully saturated rings. The van der Waals surface area contributed by atoms with Gasteiger partial charge in [-0.25, -0.2) is 0 Å². The van der Waals surface area contributed by atoms with Crippen LogP contribution in [0, 0.1) is 6.92 Å². The summed E-state index contributed by atoms with van der Waals surface area (Å²) in [7, 11) is 0. The highest BCUT2D eigenvalue weighted by molar-refractivity contribution is 7.80. The van der Waals surface area contributed by atoms with Crippen molar-refractivity contribution in [1.82, 2.24) is 4.57 Å². The summed E-state index contributed by atoms with van der Waals surface area (Å²) in [5.41, 5.74) is 6.76. The molecule has 0 radical (unpaired) electrons. The van der Waals surface area contributed by atoms with Gasteiger partial charge in [0, 0.05) is 12.3 Å². The topological polar surface area (TPSA) is 57.2 Å². The molecule has 1 saturated heterocycles. The lowest BCUT2D eigenvalue weighted by Crippen LogP contribution is -2.35. The van der Waals surface area contributed by atoms with Gasteiger partial charge in [0.15, 0.2) is 0 Å². The van der Waals surface area contributed by atoms with Crippen LogP contribution in [0.15, 0.2) is 16.9 Å². The number of aryl methyl sites for hydroxylation is 1. The van der Waals surface area contributed by atoms with Crippen molar-refractivity contribution in [2.24, 2.45) is 5.73 Å². The number of pyridine rings is 1. The Hall–Kier alpha value is -1.20. The molecule has 5 heteroatoms. The van der Waals surface area contributed by atoms with E-state index in [4.69, 9.17) is 22.7 Å². The summed E-state index contributed by atoms with van der Waals surface area (Å²) in [6.45, 7) is 3.28. The fourth-order valence-electron chi connectivity index (χ4n) is 2.24. The minimum atomic E-state index is -0.114. The first-order valence-electron chi connectivity index (χ1n) is 6.21. The van der Waals surface area contributed by atoms with E-state index in [-0.39, 0.29) is 16.7 Å². The van der Waals surface area contributed by atoms with E-state index in [1.807, 2.05) is 13.0 Å². The summed E-state index contributed by atoms with van der Waals surface area (Å²) in [5.74, 6) is 0. The number of thiocarbonyl (C=S) groups is 1. The number of aromatic nitrogens is 1. The van der Waals surface area contributed by atoms with Gasteiger partial charge < -0.3 is 15.0 Å². The van der Waals surface area contributed by atoms with Crippen molar-refractivity contribution < 1.29 is 4.74 Å². The lowest BCUT2D eigenvalue weighted by Gasteiger charge is -2.24. The second-order valence-electron chi connectivity index (χ2n) is 4.66. The van der Waals surface area contributed by atoms with Crippen LogP contribution >= 0.6 is 12.2 Å². The molecule has 2 rings (SSSR count). The molecule has 1 unspecified atom stereocenters. The first-order chi connectivity index (χ1) is 8.59. The van der Waals surface area contributed by atoms with Crippen molar-refractivity contribution in [1.29, 1.82) is 0 Å². The summed E-state index contributed by atoms with van der Waals surface area (Å²) in [6, 6.07) is 3.57. The molecule has 18 heavy (non-hydrogen) atoms. The number of nitrogens with two attached hydrogens (primary N) is 1. The average Bonchev–Trinajstić information content (AvgIpc) is 2.35. The molecule has 98 valence electrons. The van der Waals surface area contributed by atoms with E-state index in [1.54, 1.807) is 10.6 Å². The first kappa shape index (κ1) is 13.2. The van der Waals surface area contributed by atoms with Crippen molar-refractivity contribution in [2.75, 3.05) is 6.61 Å².